The van der Waals surface area contributed by atoms with E-state index in [1.807, 2.05) is 18.2 Å². The van der Waals surface area contributed by atoms with E-state index in [0.717, 1.165) is 22.9 Å². The Balaban J connectivity index is 2.11. The van der Waals surface area contributed by atoms with Crippen molar-refractivity contribution in [3.8, 4) is 0 Å². The molecule has 0 radical (unpaired) electrons. The zero-order valence-electron chi connectivity index (χ0n) is 7.59. The minimum Gasteiger partial charge on any atom is -0.299 e. The van der Waals surface area contributed by atoms with Crippen LogP contribution < -0.4 is 0 Å². The number of halogens is 2. The van der Waals surface area contributed by atoms with Crippen molar-refractivity contribution >= 4 is 33.3 Å². The monoisotopic (exact) mass is 272 g/mol. The van der Waals surface area contributed by atoms with Crippen molar-refractivity contribution in [1.29, 1.82) is 0 Å². The molecule has 3 heteroatoms. The van der Waals surface area contributed by atoms with E-state index in [2.05, 4.69) is 15.9 Å². The number of carbonyl (C=O) groups is 1. The summed E-state index contributed by atoms with van der Waals surface area (Å²) in [5.74, 6) is 0.643. The second-order valence-corrected chi connectivity index (χ2v) is 4.98. The Morgan fingerprint density at radius 2 is 2.21 bits per heavy atom. The molecule has 1 fully saturated rings. The van der Waals surface area contributed by atoms with Crippen LogP contribution in [0, 0.1) is 5.92 Å². The summed E-state index contributed by atoms with van der Waals surface area (Å²) in [5, 5.41) is 0.674. The zero-order valence-corrected chi connectivity index (χ0v) is 9.94. The fourth-order valence-corrected chi connectivity index (χ4v) is 2.14. The molecule has 0 atom stereocenters. The van der Waals surface area contributed by atoms with E-state index in [-0.39, 0.29) is 0 Å². The lowest BCUT2D eigenvalue weighted by atomic mass is 10.1. The van der Waals surface area contributed by atoms with Crippen molar-refractivity contribution in [1.82, 2.24) is 0 Å². The van der Waals surface area contributed by atoms with Crippen LogP contribution in [0.15, 0.2) is 22.7 Å². The van der Waals surface area contributed by atoms with Gasteiger partial charge in [0, 0.05) is 21.8 Å². The van der Waals surface area contributed by atoms with Crippen LogP contribution in [0.2, 0.25) is 5.02 Å². The zero-order chi connectivity index (χ0) is 10.1. The van der Waals surface area contributed by atoms with Crippen molar-refractivity contribution < 1.29 is 4.79 Å². The first-order valence-electron chi connectivity index (χ1n) is 4.63. The minimum absolute atomic E-state index is 0.315. The summed E-state index contributed by atoms with van der Waals surface area (Å²) in [6.45, 7) is 0. The van der Waals surface area contributed by atoms with Crippen LogP contribution >= 0.6 is 27.5 Å². The topological polar surface area (TPSA) is 17.1 Å². The maximum absolute atomic E-state index is 11.5. The number of benzene rings is 1. The Kier molecular flexibility index (Phi) is 2.93. The van der Waals surface area contributed by atoms with E-state index >= 15 is 0 Å². The lowest BCUT2D eigenvalue weighted by Crippen LogP contribution is -2.04. The number of carbonyl (C=O) groups excluding carboxylic acids is 1. The Bertz CT molecular complexity index is 372. The van der Waals surface area contributed by atoms with Gasteiger partial charge in [0.25, 0.3) is 0 Å². The molecule has 0 aromatic heterocycles. The van der Waals surface area contributed by atoms with Crippen molar-refractivity contribution in [2.45, 2.75) is 19.3 Å². The molecule has 0 amide bonds. The van der Waals surface area contributed by atoms with Crippen molar-refractivity contribution in [3.05, 3.63) is 33.3 Å². The van der Waals surface area contributed by atoms with Gasteiger partial charge in [-0.05, 0) is 30.5 Å². The molecule has 1 aliphatic rings. The highest BCUT2D eigenvalue weighted by molar-refractivity contribution is 9.10. The van der Waals surface area contributed by atoms with Crippen LogP contribution in [0.3, 0.4) is 0 Å². The first-order chi connectivity index (χ1) is 6.66. The molecular weight excluding hydrogens is 263 g/mol. The molecule has 0 saturated heterocycles. The van der Waals surface area contributed by atoms with Gasteiger partial charge in [-0.15, -0.1) is 0 Å². The quantitative estimate of drug-likeness (QED) is 0.822. The number of Topliss-reactive ketones (excluding diaryl/α,β-unsaturated/α-hetero) is 1. The molecular formula is C11H10BrClO. The van der Waals surface area contributed by atoms with Gasteiger partial charge in [0.2, 0.25) is 0 Å². The molecule has 1 aromatic carbocycles. The lowest BCUT2D eigenvalue weighted by Gasteiger charge is -2.03. The molecule has 2 rings (SSSR count). The highest BCUT2D eigenvalue weighted by atomic mass is 79.9. The number of hydrogen-bond donors (Lipinski definition) is 0. The van der Waals surface area contributed by atoms with Gasteiger partial charge in [0.1, 0.15) is 5.78 Å². The molecule has 14 heavy (non-hydrogen) atoms. The third-order valence-corrected chi connectivity index (χ3v) is 3.26. The Morgan fingerprint density at radius 3 is 2.79 bits per heavy atom. The molecule has 0 spiro atoms. The van der Waals surface area contributed by atoms with Crippen molar-refractivity contribution in [2.75, 3.05) is 0 Å². The maximum atomic E-state index is 11.5. The van der Waals surface area contributed by atoms with Crippen molar-refractivity contribution in [3.63, 3.8) is 0 Å². The average Bonchev–Trinajstić information content (AvgIpc) is 2.92. The summed E-state index contributed by atoms with van der Waals surface area (Å²) in [5.41, 5.74) is 0.937. The number of rotatable bonds is 3. The third-order valence-electron chi connectivity index (χ3n) is 2.41. The van der Waals surface area contributed by atoms with Gasteiger partial charge in [-0.25, -0.2) is 0 Å². The fourth-order valence-electron chi connectivity index (χ4n) is 1.40. The molecule has 74 valence electrons. The van der Waals surface area contributed by atoms with E-state index in [9.17, 15) is 4.79 Å². The third kappa shape index (κ3) is 2.37. The predicted octanol–water partition coefficient (Wildman–Crippen LogP) is 3.62. The van der Waals surface area contributed by atoms with E-state index in [1.165, 1.54) is 0 Å². The van der Waals surface area contributed by atoms with Crippen LogP contribution in [-0.4, -0.2) is 5.78 Å². The summed E-state index contributed by atoms with van der Waals surface area (Å²) in [6.07, 6.45) is 2.61. The van der Waals surface area contributed by atoms with Gasteiger partial charge in [-0.1, -0.05) is 33.6 Å². The van der Waals surface area contributed by atoms with Gasteiger partial charge in [-0.2, -0.15) is 0 Å². The van der Waals surface area contributed by atoms with E-state index < -0.39 is 0 Å². The first kappa shape index (κ1) is 10.2. The SMILES string of the molecule is O=C(Cc1ccc(Br)cc1Cl)C1CC1. The number of hydrogen-bond acceptors (Lipinski definition) is 1. The molecule has 0 N–H and O–H groups in total. The Morgan fingerprint density at radius 1 is 1.50 bits per heavy atom. The fraction of sp³-hybridized carbons (Fsp3) is 0.364. The summed E-state index contributed by atoms with van der Waals surface area (Å²) in [6, 6.07) is 5.66. The second kappa shape index (κ2) is 4.03. The first-order valence-corrected chi connectivity index (χ1v) is 5.80. The van der Waals surface area contributed by atoms with Crippen LogP contribution in [0.1, 0.15) is 18.4 Å². The van der Waals surface area contributed by atoms with Crippen LogP contribution in [-0.2, 0) is 11.2 Å². The molecule has 0 unspecified atom stereocenters. The minimum atomic E-state index is 0.315. The smallest absolute Gasteiger partial charge is 0.140 e. The molecule has 0 bridgehead atoms. The molecule has 1 aromatic rings. The second-order valence-electron chi connectivity index (χ2n) is 3.65. The van der Waals surface area contributed by atoms with Gasteiger partial charge in [0.15, 0.2) is 0 Å². The highest BCUT2D eigenvalue weighted by Crippen LogP contribution is 2.32. The largest absolute Gasteiger partial charge is 0.299 e. The van der Waals surface area contributed by atoms with Gasteiger partial charge < -0.3 is 0 Å². The van der Waals surface area contributed by atoms with Crippen LogP contribution in [0.5, 0.6) is 0 Å². The molecule has 1 nitrogen and oxygen atoms in total. The van der Waals surface area contributed by atoms with Crippen LogP contribution in [0.25, 0.3) is 0 Å². The standard InChI is InChI=1S/C11H10BrClO/c12-9-4-3-8(10(13)6-9)5-11(14)7-1-2-7/h3-4,6-7H,1-2,5H2. The molecule has 0 aliphatic heterocycles. The average molecular weight is 274 g/mol. The highest BCUT2D eigenvalue weighted by Gasteiger charge is 2.29. The molecule has 0 heterocycles. The Labute approximate surface area is 96.6 Å². The van der Waals surface area contributed by atoms with Crippen LogP contribution in [0.4, 0.5) is 0 Å². The Hall–Kier alpha value is -0.340. The van der Waals surface area contributed by atoms with Gasteiger partial charge in [-0.3, -0.25) is 4.79 Å². The summed E-state index contributed by atoms with van der Waals surface area (Å²) in [7, 11) is 0. The van der Waals surface area contributed by atoms with E-state index in [0.29, 0.717) is 23.1 Å². The normalized spacial score (nSPS) is 15.6. The predicted molar refractivity (Wildman–Crippen MR) is 60.6 cm³/mol. The van der Waals surface area contributed by atoms with Gasteiger partial charge >= 0.3 is 0 Å². The lowest BCUT2D eigenvalue weighted by molar-refractivity contribution is -0.119. The summed E-state index contributed by atoms with van der Waals surface area (Å²) in [4.78, 5) is 11.5. The van der Waals surface area contributed by atoms with E-state index in [4.69, 9.17) is 11.6 Å². The van der Waals surface area contributed by atoms with Gasteiger partial charge in [0.05, 0.1) is 0 Å². The molecule has 1 saturated carbocycles. The molecule has 1 aliphatic carbocycles. The number of ketones is 1. The maximum Gasteiger partial charge on any atom is 0.140 e. The summed E-state index contributed by atoms with van der Waals surface area (Å²) >= 11 is 9.35. The van der Waals surface area contributed by atoms with Crippen molar-refractivity contribution in [2.24, 2.45) is 5.92 Å². The summed E-state index contributed by atoms with van der Waals surface area (Å²) < 4.78 is 0.949. The van der Waals surface area contributed by atoms with E-state index in [1.54, 1.807) is 0 Å².